The Morgan fingerprint density at radius 2 is 2.32 bits per heavy atom. The molecule has 2 aromatic heterocycles. The van der Waals surface area contributed by atoms with Crippen LogP contribution in [0.3, 0.4) is 0 Å². The summed E-state index contributed by atoms with van der Waals surface area (Å²) in [5, 5.41) is 10.7. The summed E-state index contributed by atoms with van der Waals surface area (Å²) in [6.45, 7) is 4.09. The van der Waals surface area contributed by atoms with Gasteiger partial charge in [0.05, 0.1) is 0 Å². The molecule has 3 nitrogen and oxygen atoms in total. The van der Waals surface area contributed by atoms with Crippen molar-refractivity contribution < 1.29 is 5.11 Å². The minimum atomic E-state index is -0.0751. The lowest BCUT2D eigenvalue weighted by molar-refractivity contribution is 0.215. The third-order valence-electron chi connectivity index (χ3n) is 3.31. The molecule has 0 aliphatic carbocycles. The highest BCUT2D eigenvalue weighted by atomic mass is 32.1. The van der Waals surface area contributed by atoms with Gasteiger partial charge in [-0.3, -0.25) is 4.90 Å². The molecule has 3 heterocycles. The molecule has 0 atom stereocenters. The van der Waals surface area contributed by atoms with E-state index in [9.17, 15) is 0 Å². The molecule has 1 N–H and O–H groups in total. The molecule has 19 heavy (non-hydrogen) atoms. The Balaban J connectivity index is 1.65. The Hall–Kier alpha value is -1.54. The van der Waals surface area contributed by atoms with E-state index in [1.54, 1.807) is 11.3 Å². The standard InChI is InChI=1S/C15H16N2OS/c18-8-2-3-13-9-15(19-12-13)11-16-6-7-17-5-1-4-14(17)10-16/h1,4-5,9,12,18H,6-8,10-11H2. The highest BCUT2D eigenvalue weighted by molar-refractivity contribution is 7.10. The van der Waals surface area contributed by atoms with Crippen molar-refractivity contribution in [2.75, 3.05) is 13.2 Å². The molecule has 0 saturated heterocycles. The maximum absolute atomic E-state index is 8.69. The molecule has 0 saturated carbocycles. The van der Waals surface area contributed by atoms with E-state index in [0.29, 0.717) is 0 Å². The van der Waals surface area contributed by atoms with Crippen molar-refractivity contribution in [2.24, 2.45) is 0 Å². The maximum Gasteiger partial charge on any atom is 0.104 e. The SMILES string of the molecule is OCC#Cc1csc(CN2CCn3cccc3C2)c1. The monoisotopic (exact) mass is 272 g/mol. The molecular weight excluding hydrogens is 256 g/mol. The van der Waals surface area contributed by atoms with E-state index >= 15 is 0 Å². The second-order valence-electron chi connectivity index (χ2n) is 4.67. The second kappa shape index (κ2) is 5.62. The van der Waals surface area contributed by atoms with Gasteiger partial charge in [-0.25, -0.2) is 0 Å². The van der Waals surface area contributed by atoms with Gasteiger partial charge >= 0.3 is 0 Å². The van der Waals surface area contributed by atoms with E-state index in [0.717, 1.165) is 31.7 Å². The Labute approximate surface area is 117 Å². The van der Waals surface area contributed by atoms with Crippen LogP contribution in [-0.2, 0) is 19.6 Å². The third-order valence-corrected chi connectivity index (χ3v) is 4.23. The van der Waals surface area contributed by atoms with Crippen molar-refractivity contribution in [3.63, 3.8) is 0 Å². The second-order valence-corrected chi connectivity index (χ2v) is 5.66. The molecule has 1 aliphatic heterocycles. The predicted octanol–water partition coefficient (Wildman–Crippen LogP) is 1.91. The minimum Gasteiger partial charge on any atom is -0.384 e. The van der Waals surface area contributed by atoms with Crippen LogP contribution in [0.5, 0.6) is 0 Å². The number of aromatic nitrogens is 1. The largest absolute Gasteiger partial charge is 0.384 e. The summed E-state index contributed by atoms with van der Waals surface area (Å²) in [6, 6.07) is 6.44. The number of hydrogen-bond donors (Lipinski definition) is 1. The van der Waals surface area contributed by atoms with Gasteiger partial charge in [0.1, 0.15) is 6.61 Å². The first-order chi connectivity index (χ1) is 9.35. The third kappa shape index (κ3) is 2.90. The fourth-order valence-electron chi connectivity index (χ4n) is 2.39. The molecule has 0 aromatic carbocycles. The van der Waals surface area contributed by atoms with E-state index in [1.165, 1.54) is 10.6 Å². The van der Waals surface area contributed by atoms with Gasteiger partial charge in [-0.1, -0.05) is 11.8 Å². The van der Waals surface area contributed by atoms with Crippen molar-refractivity contribution in [1.82, 2.24) is 9.47 Å². The molecule has 3 rings (SSSR count). The molecular formula is C15H16N2OS. The van der Waals surface area contributed by atoms with Gasteiger partial charge in [0.25, 0.3) is 0 Å². The van der Waals surface area contributed by atoms with Gasteiger partial charge in [0.15, 0.2) is 0 Å². The average Bonchev–Trinajstić information content (AvgIpc) is 3.05. The first-order valence-electron chi connectivity index (χ1n) is 6.38. The number of aliphatic hydroxyl groups is 1. The Kier molecular flexibility index (Phi) is 3.69. The number of thiophene rings is 1. The molecule has 1 aliphatic rings. The van der Waals surface area contributed by atoms with Gasteiger partial charge in [0, 0.05) is 53.9 Å². The summed E-state index contributed by atoms with van der Waals surface area (Å²) in [6.07, 6.45) is 2.15. The number of aliphatic hydroxyl groups excluding tert-OH is 1. The van der Waals surface area contributed by atoms with Crippen LogP contribution in [0.15, 0.2) is 29.8 Å². The summed E-state index contributed by atoms with van der Waals surface area (Å²) < 4.78 is 2.32. The Bertz CT molecular complexity index is 617. The average molecular weight is 272 g/mol. The van der Waals surface area contributed by atoms with Crippen LogP contribution in [-0.4, -0.2) is 27.7 Å². The number of fused-ring (bicyclic) bond motifs is 1. The maximum atomic E-state index is 8.69. The zero-order chi connectivity index (χ0) is 13.1. The Morgan fingerprint density at radius 3 is 3.21 bits per heavy atom. The van der Waals surface area contributed by atoms with Gasteiger partial charge in [-0.05, 0) is 18.2 Å². The summed E-state index contributed by atoms with van der Waals surface area (Å²) in [5.41, 5.74) is 2.40. The smallest absolute Gasteiger partial charge is 0.104 e. The van der Waals surface area contributed by atoms with Gasteiger partial charge in [-0.15, -0.1) is 11.3 Å². The van der Waals surface area contributed by atoms with Crippen LogP contribution in [0.25, 0.3) is 0 Å². The van der Waals surface area contributed by atoms with E-state index in [4.69, 9.17) is 5.11 Å². The van der Waals surface area contributed by atoms with Crippen molar-refractivity contribution in [1.29, 1.82) is 0 Å². The molecule has 2 aromatic rings. The predicted molar refractivity (Wildman–Crippen MR) is 76.8 cm³/mol. The number of rotatable bonds is 2. The Morgan fingerprint density at radius 1 is 1.37 bits per heavy atom. The lowest BCUT2D eigenvalue weighted by Gasteiger charge is -2.28. The van der Waals surface area contributed by atoms with Crippen molar-refractivity contribution in [3.8, 4) is 11.8 Å². The van der Waals surface area contributed by atoms with Gasteiger partial charge < -0.3 is 9.67 Å². The molecule has 0 bridgehead atoms. The lowest BCUT2D eigenvalue weighted by Crippen LogP contribution is -2.32. The van der Waals surface area contributed by atoms with Crippen LogP contribution in [0.2, 0.25) is 0 Å². The molecule has 0 spiro atoms. The summed E-state index contributed by atoms with van der Waals surface area (Å²) in [5.74, 6) is 5.64. The van der Waals surface area contributed by atoms with E-state index < -0.39 is 0 Å². The normalized spacial score (nSPS) is 14.8. The summed E-state index contributed by atoms with van der Waals surface area (Å²) >= 11 is 1.74. The highest BCUT2D eigenvalue weighted by Crippen LogP contribution is 2.20. The summed E-state index contributed by atoms with van der Waals surface area (Å²) in [7, 11) is 0. The first-order valence-corrected chi connectivity index (χ1v) is 7.26. The molecule has 0 fully saturated rings. The van der Waals surface area contributed by atoms with Crippen LogP contribution < -0.4 is 0 Å². The highest BCUT2D eigenvalue weighted by Gasteiger charge is 2.15. The summed E-state index contributed by atoms with van der Waals surface area (Å²) in [4.78, 5) is 3.80. The fraction of sp³-hybridized carbons (Fsp3) is 0.333. The van der Waals surface area contributed by atoms with Crippen LogP contribution in [0.1, 0.15) is 16.1 Å². The topological polar surface area (TPSA) is 28.4 Å². The first kappa shape index (κ1) is 12.5. The molecule has 0 radical (unpaired) electrons. The number of hydrogen-bond acceptors (Lipinski definition) is 3. The van der Waals surface area contributed by atoms with Crippen molar-refractivity contribution >= 4 is 11.3 Å². The zero-order valence-corrected chi connectivity index (χ0v) is 11.5. The number of nitrogens with zero attached hydrogens (tertiary/aromatic N) is 2. The van der Waals surface area contributed by atoms with Crippen LogP contribution in [0, 0.1) is 11.8 Å². The van der Waals surface area contributed by atoms with Crippen LogP contribution in [0.4, 0.5) is 0 Å². The molecule has 98 valence electrons. The lowest BCUT2D eigenvalue weighted by atomic mass is 10.2. The van der Waals surface area contributed by atoms with Crippen LogP contribution >= 0.6 is 11.3 Å². The van der Waals surface area contributed by atoms with E-state index in [-0.39, 0.29) is 6.61 Å². The fourth-order valence-corrected chi connectivity index (χ4v) is 3.25. The quantitative estimate of drug-likeness (QED) is 0.846. The van der Waals surface area contributed by atoms with Gasteiger partial charge in [0.2, 0.25) is 0 Å². The van der Waals surface area contributed by atoms with Crippen molar-refractivity contribution in [3.05, 3.63) is 45.9 Å². The zero-order valence-electron chi connectivity index (χ0n) is 10.7. The van der Waals surface area contributed by atoms with E-state index in [1.807, 2.05) is 0 Å². The minimum absolute atomic E-state index is 0.0751. The van der Waals surface area contributed by atoms with Gasteiger partial charge in [-0.2, -0.15) is 0 Å². The van der Waals surface area contributed by atoms with E-state index in [2.05, 4.69) is 51.1 Å². The molecule has 0 amide bonds. The van der Waals surface area contributed by atoms with Crippen molar-refractivity contribution in [2.45, 2.75) is 19.6 Å². The molecule has 0 unspecified atom stereocenters. The molecule has 4 heteroatoms.